The largest absolute Gasteiger partial charge is 0.496 e. The smallest absolute Gasteiger partial charge is 0.317 e. The van der Waals surface area contributed by atoms with E-state index in [1.54, 1.807) is 12.0 Å². The van der Waals surface area contributed by atoms with Gasteiger partial charge in [0.15, 0.2) is 0 Å². The lowest BCUT2D eigenvalue weighted by molar-refractivity contribution is 0.155. The molecule has 5 heteroatoms. The fourth-order valence-electron chi connectivity index (χ4n) is 2.93. The standard InChI is InChI=1S/C18H28N2O3/c1-13(2)11-16(15-7-5-6-8-17(15)22-4)19-18(21)20(3)14-9-10-23-12-14/h5-8,13-14,16H,9-12H2,1-4H3,(H,19,21). The Morgan fingerprint density at radius 3 is 2.78 bits per heavy atom. The minimum Gasteiger partial charge on any atom is -0.496 e. The van der Waals surface area contributed by atoms with Gasteiger partial charge in [-0.25, -0.2) is 4.79 Å². The number of likely N-dealkylation sites (N-methyl/N-ethyl adjacent to an activating group) is 1. The van der Waals surface area contributed by atoms with Crippen molar-refractivity contribution < 1.29 is 14.3 Å². The first-order valence-corrected chi connectivity index (χ1v) is 8.27. The quantitative estimate of drug-likeness (QED) is 0.875. The van der Waals surface area contributed by atoms with E-state index < -0.39 is 0 Å². The Morgan fingerprint density at radius 1 is 1.43 bits per heavy atom. The number of nitrogens with zero attached hydrogens (tertiary/aromatic N) is 1. The molecule has 1 saturated heterocycles. The molecule has 2 unspecified atom stereocenters. The van der Waals surface area contributed by atoms with Crippen LogP contribution in [0.1, 0.15) is 38.3 Å². The Balaban J connectivity index is 2.13. The highest BCUT2D eigenvalue weighted by molar-refractivity contribution is 5.75. The van der Waals surface area contributed by atoms with E-state index in [0.717, 1.165) is 30.8 Å². The Morgan fingerprint density at radius 2 is 2.17 bits per heavy atom. The lowest BCUT2D eigenvalue weighted by Gasteiger charge is -2.28. The minimum absolute atomic E-state index is 0.0583. The molecule has 0 aliphatic carbocycles. The third kappa shape index (κ3) is 4.61. The molecule has 2 amide bonds. The highest BCUT2D eigenvalue weighted by Gasteiger charge is 2.27. The summed E-state index contributed by atoms with van der Waals surface area (Å²) in [6, 6.07) is 7.91. The van der Waals surface area contributed by atoms with Gasteiger partial charge in [-0.15, -0.1) is 0 Å². The normalized spacial score (nSPS) is 18.7. The van der Waals surface area contributed by atoms with E-state index in [4.69, 9.17) is 9.47 Å². The zero-order valence-corrected chi connectivity index (χ0v) is 14.5. The molecular formula is C18H28N2O3. The Kier molecular flexibility index (Phi) is 6.28. The fraction of sp³-hybridized carbons (Fsp3) is 0.611. The minimum atomic E-state index is -0.0663. The number of carbonyl (C=O) groups excluding carboxylic acids is 1. The molecule has 1 aliphatic rings. The van der Waals surface area contributed by atoms with Crippen LogP contribution >= 0.6 is 0 Å². The summed E-state index contributed by atoms with van der Waals surface area (Å²) < 4.78 is 10.8. The molecule has 128 valence electrons. The van der Waals surface area contributed by atoms with E-state index in [-0.39, 0.29) is 18.1 Å². The molecule has 1 aromatic rings. The van der Waals surface area contributed by atoms with Crippen LogP contribution in [0.5, 0.6) is 5.75 Å². The second-order valence-electron chi connectivity index (χ2n) is 6.50. The average Bonchev–Trinajstić information content (AvgIpc) is 3.07. The van der Waals surface area contributed by atoms with Gasteiger partial charge >= 0.3 is 6.03 Å². The molecule has 0 aromatic heterocycles. The van der Waals surface area contributed by atoms with E-state index in [1.165, 1.54) is 0 Å². The molecule has 2 atom stereocenters. The predicted molar refractivity (Wildman–Crippen MR) is 90.7 cm³/mol. The van der Waals surface area contributed by atoms with Crippen molar-refractivity contribution in [3.8, 4) is 5.75 Å². The third-order valence-electron chi connectivity index (χ3n) is 4.29. The summed E-state index contributed by atoms with van der Waals surface area (Å²) in [6.45, 7) is 5.66. The average molecular weight is 320 g/mol. The molecular weight excluding hydrogens is 292 g/mol. The maximum Gasteiger partial charge on any atom is 0.317 e. The van der Waals surface area contributed by atoms with Gasteiger partial charge in [0.25, 0.3) is 0 Å². The first-order valence-electron chi connectivity index (χ1n) is 8.27. The van der Waals surface area contributed by atoms with Gasteiger partial charge in [-0.05, 0) is 24.8 Å². The zero-order chi connectivity index (χ0) is 16.8. The molecule has 0 spiro atoms. The fourth-order valence-corrected chi connectivity index (χ4v) is 2.93. The van der Waals surface area contributed by atoms with Crippen molar-refractivity contribution in [3.05, 3.63) is 29.8 Å². The van der Waals surface area contributed by atoms with Crippen LogP contribution in [0.2, 0.25) is 0 Å². The summed E-state index contributed by atoms with van der Waals surface area (Å²) in [5.74, 6) is 1.27. The van der Waals surface area contributed by atoms with E-state index in [9.17, 15) is 4.79 Å². The molecule has 1 fully saturated rings. The van der Waals surface area contributed by atoms with Gasteiger partial charge in [-0.1, -0.05) is 32.0 Å². The second-order valence-corrected chi connectivity index (χ2v) is 6.50. The van der Waals surface area contributed by atoms with E-state index in [1.807, 2.05) is 31.3 Å². The van der Waals surface area contributed by atoms with Crippen LogP contribution in [-0.4, -0.2) is 44.3 Å². The monoisotopic (exact) mass is 320 g/mol. The lowest BCUT2D eigenvalue weighted by Crippen LogP contribution is -2.45. The van der Waals surface area contributed by atoms with Gasteiger partial charge in [-0.2, -0.15) is 0 Å². The third-order valence-corrected chi connectivity index (χ3v) is 4.29. The number of urea groups is 1. The molecule has 5 nitrogen and oxygen atoms in total. The van der Waals surface area contributed by atoms with Crippen LogP contribution in [0.25, 0.3) is 0 Å². The second kappa shape index (κ2) is 8.20. The Labute approximate surface area is 139 Å². The predicted octanol–water partition coefficient (Wildman–Crippen LogP) is 3.21. The number of amides is 2. The van der Waals surface area contributed by atoms with E-state index >= 15 is 0 Å². The number of benzene rings is 1. The van der Waals surface area contributed by atoms with Gasteiger partial charge in [-0.3, -0.25) is 0 Å². The highest BCUT2D eigenvalue weighted by atomic mass is 16.5. The Hall–Kier alpha value is -1.75. The SMILES string of the molecule is COc1ccccc1C(CC(C)C)NC(=O)N(C)C1CCOC1. The van der Waals surface area contributed by atoms with Crippen molar-refractivity contribution in [3.63, 3.8) is 0 Å². The summed E-state index contributed by atoms with van der Waals surface area (Å²) >= 11 is 0. The molecule has 1 aliphatic heterocycles. The van der Waals surface area contributed by atoms with Gasteiger partial charge in [0.05, 0.1) is 25.8 Å². The van der Waals surface area contributed by atoms with Crippen molar-refractivity contribution in [1.29, 1.82) is 0 Å². The van der Waals surface area contributed by atoms with Crippen molar-refractivity contribution >= 4 is 6.03 Å². The summed E-state index contributed by atoms with van der Waals surface area (Å²) in [4.78, 5) is 14.4. The first kappa shape index (κ1) is 17.6. The number of ether oxygens (including phenoxy) is 2. The van der Waals surface area contributed by atoms with Crippen LogP contribution in [0.15, 0.2) is 24.3 Å². The molecule has 0 radical (unpaired) electrons. The molecule has 2 rings (SSSR count). The van der Waals surface area contributed by atoms with Gasteiger partial charge < -0.3 is 19.7 Å². The number of nitrogens with one attached hydrogen (secondary N) is 1. The molecule has 0 saturated carbocycles. The molecule has 1 heterocycles. The maximum absolute atomic E-state index is 12.6. The number of carbonyl (C=O) groups is 1. The lowest BCUT2D eigenvalue weighted by atomic mass is 9.96. The van der Waals surface area contributed by atoms with Crippen LogP contribution in [0.3, 0.4) is 0 Å². The summed E-state index contributed by atoms with van der Waals surface area (Å²) in [5.41, 5.74) is 1.02. The topological polar surface area (TPSA) is 50.8 Å². The van der Waals surface area contributed by atoms with Crippen LogP contribution < -0.4 is 10.1 Å². The zero-order valence-electron chi connectivity index (χ0n) is 14.5. The first-order chi connectivity index (χ1) is 11.0. The van der Waals surface area contributed by atoms with Crippen molar-refractivity contribution in [1.82, 2.24) is 10.2 Å². The number of rotatable bonds is 6. The number of hydrogen-bond acceptors (Lipinski definition) is 3. The summed E-state index contributed by atoms with van der Waals surface area (Å²) in [6.07, 6.45) is 1.76. The number of para-hydroxylation sites is 1. The number of methoxy groups -OCH3 is 1. The maximum atomic E-state index is 12.6. The summed E-state index contributed by atoms with van der Waals surface area (Å²) in [7, 11) is 3.50. The van der Waals surface area contributed by atoms with Gasteiger partial charge in [0.2, 0.25) is 0 Å². The van der Waals surface area contributed by atoms with E-state index in [0.29, 0.717) is 12.5 Å². The van der Waals surface area contributed by atoms with Gasteiger partial charge in [0, 0.05) is 19.2 Å². The van der Waals surface area contributed by atoms with Crippen molar-refractivity contribution in [2.45, 2.75) is 38.8 Å². The van der Waals surface area contributed by atoms with Crippen LogP contribution in [0, 0.1) is 5.92 Å². The highest BCUT2D eigenvalue weighted by Crippen LogP contribution is 2.29. The summed E-state index contributed by atoms with van der Waals surface area (Å²) in [5, 5.41) is 3.17. The molecule has 0 bridgehead atoms. The van der Waals surface area contributed by atoms with Crippen molar-refractivity contribution in [2.75, 3.05) is 27.4 Å². The van der Waals surface area contributed by atoms with Crippen LogP contribution in [0.4, 0.5) is 4.79 Å². The van der Waals surface area contributed by atoms with E-state index in [2.05, 4.69) is 19.2 Å². The molecule has 23 heavy (non-hydrogen) atoms. The Bertz CT molecular complexity index is 513. The number of hydrogen-bond donors (Lipinski definition) is 1. The van der Waals surface area contributed by atoms with Crippen LogP contribution in [-0.2, 0) is 4.74 Å². The molecule has 1 aromatic carbocycles. The van der Waals surface area contributed by atoms with Crippen molar-refractivity contribution in [2.24, 2.45) is 5.92 Å². The molecule has 1 N–H and O–H groups in total. The van der Waals surface area contributed by atoms with Gasteiger partial charge in [0.1, 0.15) is 5.75 Å².